The van der Waals surface area contributed by atoms with Gasteiger partial charge in [-0.05, 0) is 37.7 Å². The summed E-state index contributed by atoms with van der Waals surface area (Å²) in [6, 6.07) is 16.6. The van der Waals surface area contributed by atoms with E-state index in [1.165, 1.54) is 11.1 Å². The molecule has 2 aromatic heterocycles. The molecular formula is C24H24N4O2S. The van der Waals surface area contributed by atoms with Crippen LogP contribution in [0.3, 0.4) is 0 Å². The maximum absolute atomic E-state index is 5.60. The van der Waals surface area contributed by atoms with E-state index in [-0.39, 0.29) is 12.8 Å². The van der Waals surface area contributed by atoms with Crippen molar-refractivity contribution in [2.75, 3.05) is 13.8 Å². The van der Waals surface area contributed by atoms with E-state index < -0.39 is 0 Å². The first-order valence-electron chi connectivity index (χ1n) is 10.3. The molecule has 0 saturated carbocycles. The van der Waals surface area contributed by atoms with Gasteiger partial charge in [-0.25, -0.2) is 4.98 Å². The number of ether oxygens (including phenoxy) is 2. The van der Waals surface area contributed by atoms with Crippen molar-refractivity contribution in [2.24, 2.45) is 0 Å². The van der Waals surface area contributed by atoms with E-state index in [1.807, 2.05) is 34.5 Å². The molecule has 0 spiro atoms. The van der Waals surface area contributed by atoms with E-state index in [9.17, 15) is 0 Å². The van der Waals surface area contributed by atoms with Crippen LogP contribution in [0, 0.1) is 0 Å². The highest BCUT2D eigenvalue weighted by Gasteiger charge is 2.21. The molecule has 31 heavy (non-hydrogen) atoms. The van der Waals surface area contributed by atoms with Crippen molar-refractivity contribution in [3.63, 3.8) is 0 Å². The van der Waals surface area contributed by atoms with Crippen LogP contribution >= 0.6 is 11.3 Å². The van der Waals surface area contributed by atoms with Gasteiger partial charge in [0.25, 0.3) is 0 Å². The van der Waals surface area contributed by atoms with Crippen molar-refractivity contribution in [1.29, 1.82) is 0 Å². The Kier molecular flexibility index (Phi) is 5.44. The maximum Gasteiger partial charge on any atom is 0.231 e. The van der Waals surface area contributed by atoms with Crippen molar-refractivity contribution in [2.45, 2.75) is 26.1 Å². The van der Waals surface area contributed by atoms with E-state index in [0.29, 0.717) is 0 Å². The van der Waals surface area contributed by atoms with Gasteiger partial charge in [-0.2, -0.15) is 5.10 Å². The maximum atomic E-state index is 5.60. The van der Waals surface area contributed by atoms with Gasteiger partial charge in [0.05, 0.1) is 18.3 Å². The molecule has 4 aromatic rings. The fourth-order valence-electron chi connectivity index (χ4n) is 3.75. The highest BCUT2D eigenvalue weighted by atomic mass is 32.1. The molecule has 7 heteroatoms. The Bertz CT molecular complexity index is 1160. The fraction of sp³-hybridized carbons (Fsp3) is 0.250. The van der Waals surface area contributed by atoms with Crippen LogP contribution in [-0.2, 0) is 13.1 Å². The van der Waals surface area contributed by atoms with Gasteiger partial charge >= 0.3 is 0 Å². The predicted octanol–water partition coefficient (Wildman–Crippen LogP) is 4.98. The molecule has 0 aliphatic carbocycles. The lowest BCUT2D eigenvalue weighted by Gasteiger charge is -2.22. The predicted molar refractivity (Wildman–Crippen MR) is 121 cm³/mol. The zero-order valence-electron chi connectivity index (χ0n) is 17.6. The summed E-state index contributed by atoms with van der Waals surface area (Å²) in [5.41, 5.74) is 4.38. The van der Waals surface area contributed by atoms with Crippen LogP contribution in [0.2, 0.25) is 0 Å². The van der Waals surface area contributed by atoms with Crippen LogP contribution in [-0.4, -0.2) is 33.5 Å². The summed E-state index contributed by atoms with van der Waals surface area (Å²) < 4.78 is 13.1. The summed E-state index contributed by atoms with van der Waals surface area (Å²) >= 11 is 1.69. The van der Waals surface area contributed by atoms with Gasteiger partial charge in [0.1, 0.15) is 5.01 Å². The van der Waals surface area contributed by atoms with Crippen LogP contribution in [0.5, 0.6) is 11.5 Å². The molecule has 5 rings (SSSR count). The summed E-state index contributed by atoms with van der Waals surface area (Å²) in [6.07, 6.45) is 4.01. The van der Waals surface area contributed by atoms with Crippen LogP contribution in [0.1, 0.15) is 29.1 Å². The van der Waals surface area contributed by atoms with Crippen LogP contribution in [0.4, 0.5) is 0 Å². The molecule has 0 saturated heterocycles. The van der Waals surface area contributed by atoms with Gasteiger partial charge in [0, 0.05) is 35.4 Å². The largest absolute Gasteiger partial charge is 0.454 e. The molecule has 1 aliphatic rings. The van der Waals surface area contributed by atoms with Crippen LogP contribution in [0.15, 0.2) is 66.3 Å². The first-order valence-corrected chi connectivity index (χ1v) is 11.2. The van der Waals surface area contributed by atoms with Gasteiger partial charge in [0.15, 0.2) is 11.5 Å². The third-order valence-corrected chi connectivity index (χ3v) is 6.51. The third kappa shape index (κ3) is 4.19. The average molecular weight is 433 g/mol. The summed E-state index contributed by atoms with van der Waals surface area (Å²) in [6.45, 7) is 3.94. The first-order chi connectivity index (χ1) is 15.2. The molecule has 2 aromatic carbocycles. The molecule has 0 N–H and O–H groups in total. The number of benzene rings is 2. The van der Waals surface area contributed by atoms with Gasteiger partial charge < -0.3 is 9.47 Å². The number of hydrogen-bond donors (Lipinski definition) is 0. The Morgan fingerprint density at radius 2 is 1.97 bits per heavy atom. The van der Waals surface area contributed by atoms with Crippen LogP contribution in [0.25, 0.3) is 11.3 Å². The zero-order chi connectivity index (χ0) is 21.2. The highest BCUT2D eigenvalue weighted by molar-refractivity contribution is 7.09. The normalized spacial score (nSPS) is 13.6. The van der Waals surface area contributed by atoms with E-state index in [2.05, 4.69) is 60.4 Å². The lowest BCUT2D eigenvalue weighted by molar-refractivity contribution is 0.174. The molecule has 1 atom stereocenters. The number of thiazole rings is 1. The molecule has 0 amide bonds. The summed E-state index contributed by atoms with van der Waals surface area (Å²) in [5.74, 6) is 1.55. The van der Waals surface area contributed by atoms with Gasteiger partial charge in [-0.3, -0.25) is 9.58 Å². The molecule has 1 aliphatic heterocycles. The Morgan fingerprint density at radius 1 is 1.13 bits per heavy atom. The van der Waals surface area contributed by atoms with Crippen molar-refractivity contribution in [3.8, 4) is 22.8 Å². The van der Waals surface area contributed by atoms with E-state index in [1.54, 1.807) is 11.3 Å². The molecule has 0 unspecified atom stereocenters. The first kappa shape index (κ1) is 19.8. The van der Waals surface area contributed by atoms with Crippen molar-refractivity contribution < 1.29 is 9.47 Å². The minimum atomic E-state index is 0.224. The van der Waals surface area contributed by atoms with Gasteiger partial charge in [0.2, 0.25) is 6.79 Å². The monoisotopic (exact) mass is 432 g/mol. The number of fused-ring (bicyclic) bond motifs is 1. The number of nitrogens with zero attached hydrogens (tertiary/aromatic N) is 4. The lowest BCUT2D eigenvalue weighted by Crippen LogP contribution is -2.21. The van der Waals surface area contributed by atoms with Crippen molar-refractivity contribution in [3.05, 3.63) is 82.4 Å². The van der Waals surface area contributed by atoms with Crippen LogP contribution < -0.4 is 9.47 Å². The molecular weight excluding hydrogens is 408 g/mol. The molecule has 0 radical (unpaired) electrons. The minimum Gasteiger partial charge on any atom is -0.454 e. The van der Waals surface area contributed by atoms with E-state index >= 15 is 0 Å². The lowest BCUT2D eigenvalue weighted by atomic mass is 10.1. The number of hydrogen-bond acceptors (Lipinski definition) is 6. The Morgan fingerprint density at radius 3 is 2.77 bits per heavy atom. The van der Waals surface area contributed by atoms with Gasteiger partial charge in [-0.15, -0.1) is 11.3 Å². The molecule has 0 bridgehead atoms. The standard InChI is InChI=1S/C24H24N4O2S/c1-17(24-25-10-11-31-24)27(2)14-20-15-28(13-18-6-4-3-5-7-18)26-23(20)19-8-9-21-22(12-19)30-16-29-21/h3-12,15,17H,13-14,16H2,1-2H3/t17-/m0/s1. The zero-order valence-corrected chi connectivity index (χ0v) is 18.4. The third-order valence-electron chi connectivity index (χ3n) is 5.56. The minimum absolute atomic E-state index is 0.224. The summed E-state index contributed by atoms with van der Waals surface area (Å²) in [5, 5.41) is 8.10. The van der Waals surface area contributed by atoms with Crippen molar-refractivity contribution in [1.82, 2.24) is 19.7 Å². The number of aromatic nitrogens is 3. The van der Waals surface area contributed by atoms with Crippen molar-refractivity contribution >= 4 is 11.3 Å². The Hall–Kier alpha value is -3.16. The Labute approximate surface area is 185 Å². The molecule has 158 valence electrons. The second-order valence-corrected chi connectivity index (χ2v) is 8.64. The summed E-state index contributed by atoms with van der Waals surface area (Å²) in [4.78, 5) is 6.79. The average Bonchev–Trinajstić information content (AvgIpc) is 3.54. The SMILES string of the molecule is C[C@@H](c1nccs1)N(C)Cc1cn(Cc2ccccc2)nc1-c1ccc2c(c1)OCO2. The molecule has 6 nitrogen and oxygen atoms in total. The fourth-order valence-corrected chi connectivity index (χ4v) is 4.51. The second kappa shape index (κ2) is 8.53. The number of rotatable bonds is 7. The second-order valence-electron chi connectivity index (χ2n) is 7.72. The summed E-state index contributed by atoms with van der Waals surface area (Å²) in [7, 11) is 2.13. The van der Waals surface area contributed by atoms with Gasteiger partial charge in [-0.1, -0.05) is 30.3 Å². The highest BCUT2D eigenvalue weighted by Crippen LogP contribution is 2.37. The topological polar surface area (TPSA) is 52.4 Å². The smallest absolute Gasteiger partial charge is 0.231 e. The molecule has 0 fully saturated rings. The van der Waals surface area contributed by atoms with E-state index in [4.69, 9.17) is 14.6 Å². The quantitative estimate of drug-likeness (QED) is 0.412. The van der Waals surface area contributed by atoms with E-state index in [0.717, 1.165) is 40.9 Å². The Balaban J connectivity index is 1.47. The molecule has 3 heterocycles.